The summed E-state index contributed by atoms with van der Waals surface area (Å²) in [4.78, 5) is 30.4. The van der Waals surface area contributed by atoms with Crippen molar-refractivity contribution in [1.82, 2.24) is 19.9 Å². The van der Waals surface area contributed by atoms with Gasteiger partial charge in [-0.15, -0.1) is 22.7 Å². The molecule has 0 aliphatic rings. The molecule has 1 N–H and O–H groups in total. The summed E-state index contributed by atoms with van der Waals surface area (Å²) in [7, 11) is 0. The molecule has 0 radical (unpaired) electrons. The van der Waals surface area contributed by atoms with Crippen molar-refractivity contribution < 1.29 is 0 Å². The molecule has 4 rings (SSSR count). The molecule has 4 heterocycles. The second kappa shape index (κ2) is 6.46. The zero-order chi connectivity index (χ0) is 16.5. The van der Waals surface area contributed by atoms with Crippen LogP contribution in [0, 0.1) is 0 Å². The number of hydrogen-bond acceptors (Lipinski definition) is 7. The summed E-state index contributed by atoms with van der Waals surface area (Å²) in [5.41, 5.74) is 0.859. The number of thioether (sulfide) groups is 1. The Bertz CT molecular complexity index is 1020. The number of H-pyrrole nitrogens is 1. The first-order valence-corrected chi connectivity index (χ1v) is 9.85. The van der Waals surface area contributed by atoms with Gasteiger partial charge in [0.05, 0.1) is 10.6 Å². The smallest absolute Gasteiger partial charge is 0.260 e. The molecule has 0 aromatic carbocycles. The summed E-state index contributed by atoms with van der Waals surface area (Å²) in [6.45, 7) is 1.99. The van der Waals surface area contributed by atoms with E-state index in [0.717, 1.165) is 15.3 Å². The van der Waals surface area contributed by atoms with E-state index < -0.39 is 0 Å². The average Bonchev–Trinajstić information content (AvgIpc) is 3.24. The molecule has 0 saturated heterocycles. The highest BCUT2D eigenvalue weighted by atomic mass is 32.2. The van der Waals surface area contributed by atoms with Crippen LogP contribution in [0.5, 0.6) is 0 Å². The first-order chi connectivity index (χ1) is 11.7. The van der Waals surface area contributed by atoms with Gasteiger partial charge >= 0.3 is 0 Å². The van der Waals surface area contributed by atoms with Gasteiger partial charge in [0.15, 0.2) is 5.16 Å². The molecule has 24 heavy (non-hydrogen) atoms. The maximum absolute atomic E-state index is 12.6. The lowest BCUT2D eigenvalue weighted by Gasteiger charge is -2.09. The monoisotopic (exact) mass is 372 g/mol. The zero-order valence-corrected chi connectivity index (χ0v) is 15.0. The van der Waals surface area contributed by atoms with Gasteiger partial charge in [0, 0.05) is 28.2 Å². The predicted octanol–water partition coefficient (Wildman–Crippen LogP) is 4.36. The Labute approximate surface area is 149 Å². The lowest BCUT2D eigenvalue weighted by molar-refractivity contribution is 0.902. The second-order valence-corrected chi connectivity index (χ2v) is 8.16. The molecule has 5 nitrogen and oxygen atoms in total. The van der Waals surface area contributed by atoms with Gasteiger partial charge in [-0.05, 0) is 24.4 Å². The molecular weight excluding hydrogens is 360 g/mol. The van der Waals surface area contributed by atoms with Crippen LogP contribution in [0.25, 0.3) is 20.7 Å². The molecule has 0 fully saturated rings. The quantitative estimate of drug-likeness (QED) is 0.426. The van der Waals surface area contributed by atoms with Crippen molar-refractivity contribution in [3.05, 3.63) is 57.5 Å². The first-order valence-electron chi connectivity index (χ1n) is 7.21. The molecular formula is C16H12N4OS3. The van der Waals surface area contributed by atoms with Gasteiger partial charge in [-0.3, -0.25) is 4.79 Å². The van der Waals surface area contributed by atoms with Gasteiger partial charge < -0.3 is 4.98 Å². The van der Waals surface area contributed by atoms with E-state index in [-0.39, 0.29) is 10.8 Å². The number of rotatable bonds is 4. The van der Waals surface area contributed by atoms with Crippen LogP contribution in [0.1, 0.15) is 18.0 Å². The molecule has 8 heteroatoms. The van der Waals surface area contributed by atoms with Crippen LogP contribution in [0.4, 0.5) is 0 Å². The highest BCUT2D eigenvalue weighted by Crippen LogP contribution is 2.35. The summed E-state index contributed by atoms with van der Waals surface area (Å²) < 4.78 is 0. The zero-order valence-electron chi connectivity index (χ0n) is 12.6. The van der Waals surface area contributed by atoms with Crippen LogP contribution in [-0.4, -0.2) is 19.9 Å². The van der Waals surface area contributed by atoms with Gasteiger partial charge in [-0.1, -0.05) is 17.8 Å². The fourth-order valence-corrected chi connectivity index (χ4v) is 4.88. The predicted molar refractivity (Wildman–Crippen MR) is 99.9 cm³/mol. The number of nitrogens with zero attached hydrogens (tertiary/aromatic N) is 3. The van der Waals surface area contributed by atoms with E-state index in [1.54, 1.807) is 29.8 Å². The van der Waals surface area contributed by atoms with Gasteiger partial charge in [0.1, 0.15) is 10.7 Å². The minimum atomic E-state index is -0.0962. The Morgan fingerprint density at radius 2 is 2.04 bits per heavy atom. The van der Waals surface area contributed by atoms with Crippen molar-refractivity contribution in [2.45, 2.75) is 17.3 Å². The van der Waals surface area contributed by atoms with E-state index in [0.29, 0.717) is 16.4 Å². The molecule has 0 amide bonds. The summed E-state index contributed by atoms with van der Waals surface area (Å²) in [6, 6.07) is 5.78. The van der Waals surface area contributed by atoms with E-state index in [2.05, 4.69) is 19.9 Å². The van der Waals surface area contributed by atoms with E-state index in [1.807, 2.05) is 29.8 Å². The molecule has 120 valence electrons. The van der Waals surface area contributed by atoms with Crippen molar-refractivity contribution in [3.63, 3.8) is 0 Å². The fourth-order valence-electron chi connectivity index (χ4n) is 2.33. The number of nitrogens with one attached hydrogen (secondary N) is 1. The van der Waals surface area contributed by atoms with E-state index in [1.165, 1.54) is 23.1 Å². The van der Waals surface area contributed by atoms with Gasteiger partial charge in [-0.25, -0.2) is 15.0 Å². The molecule has 0 saturated carbocycles. The third kappa shape index (κ3) is 2.88. The normalized spacial score (nSPS) is 12.5. The molecule has 4 aromatic heterocycles. The Balaban J connectivity index is 1.72. The van der Waals surface area contributed by atoms with Crippen molar-refractivity contribution >= 4 is 44.7 Å². The van der Waals surface area contributed by atoms with Crippen LogP contribution in [0.15, 0.2) is 51.3 Å². The lowest BCUT2D eigenvalue weighted by atomic mass is 10.2. The largest absolute Gasteiger partial charge is 0.309 e. The number of thiophene rings is 2. The highest BCUT2D eigenvalue weighted by molar-refractivity contribution is 7.99. The molecule has 0 spiro atoms. The molecule has 0 bridgehead atoms. The topological polar surface area (TPSA) is 71.5 Å². The van der Waals surface area contributed by atoms with Crippen molar-refractivity contribution in [1.29, 1.82) is 0 Å². The van der Waals surface area contributed by atoms with E-state index >= 15 is 0 Å². The highest BCUT2D eigenvalue weighted by Gasteiger charge is 2.17. The van der Waals surface area contributed by atoms with Gasteiger partial charge in [0.25, 0.3) is 5.56 Å². The van der Waals surface area contributed by atoms with Crippen LogP contribution in [0.3, 0.4) is 0 Å². The maximum atomic E-state index is 12.6. The van der Waals surface area contributed by atoms with Crippen LogP contribution < -0.4 is 5.56 Å². The average molecular weight is 373 g/mol. The van der Waals surface area contributed by atoms with Crippen LogP contribution in [-0.2, 0) is 0 Å². The van der Waals surface area contributed by atoms with Crippen LogP contribution >= 0.6 is 34.4 Å². The third-order valence-corrected chi connectivity index (χ3v) is 6.23. The lowest BCUT2D eigenvalue weighted by Crippen LogP contribution is -2.12. The number of fused-ring (bicyclic) bond motifs is 1. The maximum Gasteiger partial charge on any atom is 0.260 e. The van der Waals surface area contributed by atoms with Crippen LogP contribution in [0.2, 0.25) is 0 Å². The first kappa shape index (κ1) is 15.5. The molecule has 0 aliphatic heterocycles. The summed E-state index contributed by atoms with van der Waals surface area (Å²) in [5, 5.41) is 5.29. The van der Waals surface area contributed by atoms with Gasteiger partial charge in [-0.2, -0.15) is 0 Å². The minimum Gasteiger partial charge on any atom is -0.309 e. The number of aromatic nitrogens is 4. The number of hydrogen-bond donors (Lipinski definition) is 1. The van der Waals surface area contributed by atoms with Crippen molar-refractivity contribution in [2.24, 2.45) is 0 Å². The molecule has 0 aliphatic carbocycles. The Morgan fingerprint density at radius 1 is 1.21 bits per heavy atom. The SMILES string of the molecule is C[C@H](Sc1ncccn1)c1nc2scc(-c3cccs3)c2c(=O)[nH]1. The van der Waals surface area contributed by atoms with Crippen molar-refractivity contribution in [3.8, 4) is 10.4 Å². The Morgan fingerprint density at radius 3 is 2.79 bits per heavy atom. The second-order valence-electron chi connectivity index (χ2n) is 5.05. The Kier molecular flexibility index (Phi) is 4.17. The molecule has 0 unspecified atom stereocenters. The summed E-state index contributed by atoms with van der Waals surface area (Å²) in [6.07, 6.45) is 3.40. The van der Waals surface area contributed by atoms with E-state index in [4.69, 9.17) is 0 Å². The molecule has 1 atom stereocenters. The third-order valence-electron chi connectivity index (χ3n) is 3.46. The van der Waals surface area contributed by atoms with Gasteiger partial charge in [0.2, 0.25) is 0 Å². The fraction of sp³-hybridized carbons (Fsp3) is 0.125. The van der Waals surface area contributed by atoms with E-state index in [9.17, 15) is 4.79 Å². The molecule has 4 aromatic rings. The summed E-state index contributed by atoms with van der Waals surface area (Å²) in [5.74, 6) is 0.643. The van der Waals surface area contributed by atoms with Crippen molar-refractivity contribution in [2.75, 3.05) is 0 Å². The number of aromatic amines is 1. The Hall–Kier alpha value is -2.03. The summed E-state index contributed by atoms with van der Waals surface area (Å²) >= 11 is 4.59. The minimum absolute atomic E-state index is 0.0446. The standard InChI is InChI=1S/C16H12N4OS3/c1-9(24-16-17-5-3-6-18-16)13-19-14(21)12-10(8-23-15(12)20-13)11-4-2-7-22-11/h2-9H,1H3,(H,19,20,21)/t9-/m0/s1.